The number of ether oxygens (including phenoxy) is 5. The topological polar surface area (TPSA) is 197 Å². The lowest BCUT2D eigenvalue weighted by atomic mass is 9.62. The molecule has 3 saturated heterocycles. The number of likely N-dealkylation sites (N-methyl/N-ethyl adjacent to an activating group) is 1. The van der Waals surface area contributed by atoms with E-state index < -0.39 is 80.6 Å². The molecule has 15 nitrogen and oxygen atoms in total. The Morgan fingerprint density at radius 3 is 2.49 bits per heavy atom. The Hall–Kier alpha value is -2.69. The number of aromatic nitrogens is 1. The van der Waals surface area contributed by atoms with Crippen molar-refractivity contribution in [3.8, 4) is 10.6 Å². The molecule has 2 bridgehead atoms. The Bertz CT molecular complexity index is 1850. The summed E-state index contributed by atoms with van der Waals surface area (Å²) in [5.41, 5.74) is -1.00. The fraction of sp³-hybridized carbons (Fsp3) is 0.659. The maximum Gasteiger partial charge on any atom is 0.312 e. The minimum Gasteiger partial charge on any atom is -0.448 e. The fourth-order valence-electron chi connectivity index (χ4n) is 8.28. The summed E-state index contributed by atoms with van der Waals surface area (Å²) in [6.07, 6.45) is -2.55. The summed E-state index contributed by atoms with van der Waals surface area (Å²) in [5, 5.41) is 31.7. The maximum absolute atomic E-state index is 14.7. The van der Waals surface area contributed by atoms with Gasteiger partial charge in [-0.2, -0.15) is 0 Å². The Balaban J connectivity index is 1.63. The van der Waals surface area contributed by atoms with Crippen molar-refractivity contribution >= 4 is 70.9 Å². The number of fused-ring (bicyclic) bond motifs is 5. The fourth-order valence-corrected chi connectivity index (χ4v) is 9.57. The Morgan fingerprint density at radius 2 is 1.86 bits per heavy atom. The molecule has 3 fully saturated rings. The molecule has 5 rings (SSSR count). The van der Waals surface area contributed by atoms with Gasteiger partial charge in [-0.15, -0.1) is 11.3 Å². The number of hydrogen-bond acceptors (Lipinski definition) is 15. The zero-order chi connectivity index (χ0) is 43.4. The molecule has 0 unspecified atom stereocenters. The van der Waals surface area contributed by atoms with Crippen LogP contribution in [0.4, 0.5) is 0 Å². The van der Waals surface area contributed by atoms with E-state index in [2.05, 4.69) is 20.4 Å². The zero-order valence-corrected chi connectivity index (χ0v) is 38.4. The lowest BCUT2D eigenvalue weighted by Gasteiger charge is -2.47. The second kappa shape index (κ2) is 19.6. The third kappa shape index (κ3) is 10.9. The predicted molar refractivity (Wildman–Crippen MR) is 233 cm³/mol. The molecule has 0 aliphatic carbocycles. The number of oxime groups is 1. The number of nitrogens with one attached hydrogen (secondary N) is 1. The van der Waals surface area contributed by atoms with Crippen LogP contribution in [0.15, 0.2) is 46.0 Å². The number of cyclic esters (lactones) is 1. The summed E-state index contributed by atoms with van der Waals surface area (Å²) < 4.78 is 31.0. The number of esters is 1. The molecular formula is C41H58BIN4O11S. The number of halogens is 1. The van der Waals surface area contributed by atoms with Gasteiger partial charge in [0.2, 0.25) is 5.91 Å². The van der Waals surface area contributed by atoms with Gasteiger partial charge in [0.05, 0.1) is 53.0 Å². The number of hydrogen-bond donors (Lipinski definition) is 3. The summed E-state index contributed by atoms with van der Waals surface area (Å²) in [5.74, 6) is -4.18. The molecule has 3 N–H and O–H groups in total. The average molecular weight is 953 g/mol. The van der Waals surface area contributed by atoms with E-state index >= 15 is 0 Å². The lowest BCUT2D eigenvalue weighted by Crippen LogP contribution is -2.60. The summed E-state index contributed by atoms with van der Waals surface area (Å²) >= 11 is 3.42. The Labute approximate surface area is 364 Å². The molecule has 59 heavy (non-hydrogen) atoms. The van der Waals surface area contributed by atoms with Gasteiger partial charge in [0, 0.05) is 42.3 Å². The second-order valence-corrected chi connectivity index (χ2v) is 19.0. The van der Waals surface area contributed by atoms with Gasteiger partial charge in [-0.25, -0.2) is 4.99 Å². The molecule has 18 heteroatoms. The first-order valence-corrected chi connectivity index (χ1v) is 22.1. The van der Waals surface area contributed by atoms with Crippen LogP contribution in [0, 0.1) is 17.8 Å². The Morgan fingerprint density at radius 1 is 1.14 bits per heavy atom. The number of aliphatic hydroxyl groups excluding tert-OH is 1. The van der Waals surface area contributed by atoms with Crippen LogP contribution >= 0.6 is 33.9 Å². The van der Waals surface area contributed by atoms with Gasteiger partial charge in [-0.1, -0.05) is 38.1 Å². The summed E-state index contributed by atoms with van der Waals surface area (Å²) in [7, 11) is 3.21. The minimum absolute atomic E-state index is 0.0718. The smallest absolute Gasteiger partial charge is 0.312 e. The molecule has 5 heterocycles. The van der Waals surface area contributed by atoms with Gasteiger partial charge in [0.25, 0.3) is 0 Å². The zero-order valence-electron chi connectivity index (χ0n) is 35.5. The number of carbonyl (C=O) groups is 3. The molecule has 2 aromatic rings. The number of carbonyl (C=O) groups excluding carboxylic acids is 3. The first kappa shape index (κ1) is 47.4. The van der Waals surface area contributed by atoms with E-state index in [1.807, 2.05) is 66.1 Å². The summed E-state index contributed by atoms with van der Waals surface area (Å²) in [4.78, 5) is 57.4. The number of Topliss-reactive ketones (excluding diaryl/α,β-unsaturated/α-hetero) is 1. The number of thiophene rings is 1. The van der Waals surface area contributed by atoms with E-state index in [0.717, 1.165) is 16.1 Å². The number of aliphatic hydroxyl groups is 2. The van der Waals surface area contributed by atoms with Gasteiger partial charge in [-0.3, -0.25) is 19.4 Å². The van der Waals surface area contributed by atoms with Crippen molar-refractivity contribution in [1.29, 1.82) is 0 Å². The van der Waals surface area contributed by atoms with Crippen LogP contribution in [0.25, 0.3) is 10.6 Å². The van der Waals surface area contributed by atoms with E-state index in [1.54, 1.807) is 45.4 Å². The van der Waals surface area contributed by atoms with Crippen LogP contribution in [0.5, 0.6) is 0 Å². The summed E-state index contributed by atoms with van der Waals surface area (Å²) in [6, 6.07) is 7.40. The van der Waals surface area contributed by atoms with Crippen LogP contribution in [0.2, 0.25) is 5.31 Å². The molecule has 0 saturated carbocycles. The van der Waals surface area contributed by atoms with E-state index in [-0.39, 0.29) is 38.4 Å². The third-order valence-corrected chi connectivity index (χ3v) is 14.0. The maximum atomic E-state index is 14.7. The SMILES string of the molecule is B[C@]1(C)C(=O)O[C@H](I)[C@@](C)(O)[C@@H]2OC/C(=N\OCc3ccc(-c4cccs4)nc3)CO[C@](C)(C[C@@H](C)/C(=N\C(C)=O)[C@@H]2C)[C@H](O[C@@H]2O[C@H](C)C[C@H](NC)[C@H]2O)[C@@H](C)C1=O. The number of amides is 1. The number of aliphatic imine (C=N–C) groups is 1. The molecule has 324 valence electrons. The number of ketones is 1. The van der Waals surface area contributed by atoms with Crippen LogP contribution < -0.4 is 5.32 Å². The highest BCUT2D eigenvalue weighted by molar-refractivity contribution is 14.1. The highest BCUT2D eigenvalue weighted by Gasteiger charge is 2.55. The molecule has 3 aliphatic heterocycles. The van der Waals surface area contributed by atoms with Crippen molar-refractivity contribution in [3.05, 3.63) is 41.4 Å². The summed E-state index contributed by atoms with van der Waals surface area (Å²) in [6.45, 7) is 12.9. The van der Waals surface area contributed by atoms with Gasteiger partial charge < -0.3 is 44.1 Å². The van der Waals surface area contributed by atoms with Gasteiger partial charge in [0.15, 0.2) is 10.4 Å². The highest BCUT2D eigenvalue weighted by atomic mass is 127. The Kier molecular flexibility index (Phi) is 15.7. The molecule has 1 amide bonds. The molecule has 13 atom stereocenters. The molecule has 0 aromatic carbocycles. The van der Waals surface area contributed by atoms with Crippen LogP contribution in [-0.2, 0) is 49.5 Å². The highest BCUT2D eigenvalue weighted by Crippen LogP contribution is 2.42. The van der Waals surface area contributed by atoms with Gasteiger partial charge >= 0.3 is 5.97 Å². The monoisotopic (exact) mass is 952 g/mol. The van der Waals surface area contributed by atoms with Crippen molar-refractivity contribution in [2.75, 3.05) is 20.3 Å². The normalized spacial score (nSPS) is 39.2. The molecule has 3 aliphatic rings. The van der Waals surface area contributed by atoms with Crippen molar-refractivity contribution in [3.63, 3.8) is 0 Å². The lowest BCUT2D eigenvalue weighted by molar-refractivity contribution is -0.291. The first-order chi connectivity index (χ1) is 27.7. The van der Waals surface area contributed by atoms with Gasteiger partial charge in [-0.05, 0) is 93.6 Å². The molecular weight excluding hydrogens is 894 g/mol. The molecule has 0 radical (unpaired) electrons. The van der Waals surface area contributed by atoms with Crippen molar-refractivity contribution in [2.45, 2.75) is 132 Å². The number of rotatable bonds is 7. The van der Waals surface area contributed by atoms with E-state index in [4.69, 9.17) is 28.5 Å². The van der Waals surface area contributed by atoms with Crippen molar-refractivity contribution in [1.82, 2.24) is 10.3 Å². The van der Waals surface area contributed by atoms with Crippen molar-refractivity contribution in [2.24, 2.45) is 27.9 Å². The first-order valence-electron chi connectivity index (χ1n) is 20.0. The number of alkyl halides is 1. The van der Waals surface area contributed by atoms with E-state index in [1.165, 1.54) is 28.6 Å². The van der Waals surface area contributed by atoms with E-state index in [9.17, 15) is 24.6 Å². The number of pyridine rings is 1. The average Bonchev–Trinajstić information content (AvgIpc) is 3.72. The second-order valence-electron chi connectivity index (χ2n) is 17.0. The largest absolute Gasteiger partial charge is 0.448 e. The third-order valence-electron chi connectivity index (χ3n) is 11.6. The minimum atomic E-state index is -1.89. The molecule has 0 spiro atoms. The standard InChI is InChI=1S/C41H58BIN4O11S/c1-21-16-39(6)34(57-36-32(49)29(44-9)15-22(2)56-36)24(4)33(50)40(7,42)38(51)58-37(43)41(8,52)35(23(3)31(21)46-25(5)48)53-19-27(20-54-39)47-55-18-26-12-13-28(45-17-26)30-11-10-14-59-30/h10-14,17,21-24,29,32,34-37,44,49,52H,15-16,18-20,42H2,1-9H3/b46-31+,47-27+/t21-,22-,23+,24+,29+,32-,34-,35-,36+,37+,39-,40+,41+/m1/s1. The molecule has 2 aromatic heterocycles. The quantitative estimate of drug-likeness (QED) is 0.0899. The van der Waals surface area contributed by atoms with Crippen LogP contribution in [0.3, 0.4) is 0 Å². The van der Waals surface area contributed by atoms with Crippen molar-refractivity contribution < 1.29 is 53.1 Å². The predicted octanol–water partition coefficient (Wildman–Crippen LogP) is 4.06. The van der Waals surface area contributed by atoms with E-state index in [0.29, 0.717) is 17.8 Å². The number of nitrogens with zero attached hydrogens (tertiary/aromatic N) is 3. The van der Waals surface area contributed by atoms with Crippen LogP contribution in [-0.4, -0.2) is 124 Å². The van der Waals surface area contributed by atoms with Gasteiger partial charge in [0.1, 0.15) is 37.7 Å². The van der Waals surface area contributed by atoms with Crippen LogP contribution in [0.1, 0.15) is 73.8 Å².